The predicted molar refractivity (Wildman–Crippen MR) is 88.5 cm³/mol. The van der Waals surface area contributed by atoms with Gasteiger partial charge in [-0.15, -0.1) is 0 Å². The third-order valence-electron chi connectivity index (χ3n) is 3.72. The molecule has 1 heterocycles. The van der Waals surface area contributed by atoms with Gasteiger partial charge < -0.3 is 4.74 Å². The smallest absolute Gasteiger partial charge is 0.289 e. The monoisotopic (exact) mass is 348 g/mol. The Morgan fingerprint density at radius 2 is 1.83 bits per heavy atom. The van der Waals surface area contributed by atoms with Crippen LogP contribution in [-0.4, -0.2) is 32.6 Å². The molecular weight excluding hydrogens is 332 g/mol. The Bertz CT molecular complexity index is 860. The number of nitro groups is 1. The van der Waals surface area contributed by atoms with Crippen LogP contribution in [0.2, 0.25) is 0 Å². The van der Waals surface area contributed by atoms with E-state index in [9.17, 15) is 18.5 Å². The van der Waals surface area contributed by atoms with Gasteiger partial charge >= 0.3 is 0 Å². The van der Waals surface area contributed by atoms with E-state index in [0.29, 0.717) is 12.3 Å². The summed E-state index contributed by atoms with van der Waals surface area (Å²) in [6, 6.07) is 12.3. The normalized spacial score (nSPS) is 16.6. The molecule has 1 aliphatic heterocycles. The van der Waals surface area contributed by atoms with E-state index in [1.165, 1.54) is 28.6 Å². The zero-order chi connectivity index (χ0) is 17.3. The molecule has 0 aromatic heterocycles. The predicted octanol–water partition coefficient (Wildman–Crippen LogP) is 2.50. The maximum atomic E-state index is 13.1. The van der Waals surface area contributed by atoms with Crippen molar-refractivity contribution < 1.29 is 18.1 Å². The van der Waals surface area contributed by atoms with Crippen molar-refractivity contribution in [2.24, 2.45) is 0 Å². The van der Waals surface area contributed by atoms with Crippen molar-refractivity contribution >= 4 is 21.4 Å². The highest BCUT2D eigenvalue weighted by Crippen LogP contribution is 2.31. The van der Waals surface area contributed by atoms with Crippen LogP contribution < -0.4 is 4.31 Å². The quantitative estimate of drug-likeness (QED) is 0.454. The van der Waals surface area contributed by atoms with Crippen molar-refractivity contribution in [1.82, 2.24) is 0 Å². The second-order valence-electron chi connectivity index (χ2n) is 5.55. The van der Waals surface area contributed by atoms with Gasteiger partial charge in [-0.05, 0) is 25.1 Å². The highest BCUT2D eigenvalue weighted by molar-refractivity contribution is 7.93. The molecule has 2 aromatic rings. The third kappa shape index (κ3) is 3.24. The number of hydrogen-bond donors (Lipinski definition) is 0. The average Bonchev–Trinajstić information content (AvgIpc) is 3.37. The number of anilines is 1. The van der Waals surface area contributed by atoms with Crippen LogP contribution in [0.3, 0.4) is 0 Å². The molecule has 0 radical (unpaired) electrons. The summed E-state index contributed by atoms with van der Waals surface area (Å²) >= 11 is 0. The van der Waals surface area contributed by atoms with Gasteiger partial charge in [0.15, 0.2) is 4.90 Å². The SMILES string of the molecule is Cc1ccc(N(C[C@@H]2CO2)S(=O)(=O)c2ccccc2[N+](=O)[O-])cc1. The molecule has 1 atom stereocenters. The molecule has 24 heavy (non-hydrogen) atoms. The van der Waals surface area contributed by atoms with Crippen LogP contribution in [0.4, 0.5) is 11.4 Å². The highest BCUT2D eigenvalue weighted by Gasteiger charge is 2.36. The lowest BCUT2D eigenvalue weighted by molar-refractivity contribution is -0.387. The van der Waals surface area contributed by atoms with Gasteiger partial charge in [0.05, 0.1) is 29.9 Å². The number of aryl methyl sites for hydroxylation is 1. The zero-order valence-corrected chi connectivity index (χ0v) is 13.8. The Morgan fingerprint density at radius 1 is 1.21 bits per heavy atom. The second-order valence-corrected chi connectivity index (χ2v) is 7.38. The molecule has 0 saturated carbocycles. The fraction of sp³-hybridized carbons (Fsp3) is 0.250. The number of epoxide rings is 1. The number of sulfonamides is 1. The number of rotatable bonds is 6. The maximum absolute atomic E-state index is 13.1. The van der Waals surface area contributed by atoms with E-state index in [-0.39, 0.29) is 17.5 Å². The topological polar surface area (TPSA) is 93.1 Å². The summed E-state index contributed by atoms with van der Waals surface area (Å²) in [4.78, 5) is 10.2. The molecule has 0 bridgehead atoms. The van der Waals surface area contributed by atoms with E-state index in [2.05, 4.69) is 0 Å². The Hall–Kier alpha value is -2.45. The minimum absolute atomic E-state index is 0.122. The summed E-state index contributed by atoms with van der Waals surface area (Å²) in [5.41, 5.74) is 1.00. The van der Waals surface area contributed by atoms with Crippen LogP contribution in [0.5, 0.6) is 0 Å². The molecule has 8 heteroatoms. The lowest BCUT2D eigenvalue weighted by Gasteiger charge is -2.23. The van der Waals surface area contributed by atoms with Crippen molar-refractivity contribution in [1.29, 1.82) is 0 Å². The molecule has 126 valence electrons. The number of benzene rings is 2. The fourth-order valence-electron chi connectivity index (χ4n) is 2.36. The highest BCUT2D eigenvalue weighted by atomic mass is 32.2. The molecule has 1 aliphatic rings. The van der Waals surface area contributed by atoms with Gasteiger partial charge in [0.2, 0.25) is 0 Å². The minimum Gasteiger partial charge on any atom is -0.371 e. The number of hydrogen-bond acceptors (Lipinski definition) is 5. The Kier molecular flexibility index (Phi) is 4.25. The Labute approximate surface area is 139 Å². The van der Waals surface area contributed by atoms with Gasteiger partial charge in [-0.1, -0.05) is 29.8 Å². The molecule has 0 spiro atoms. The number of ether oxygens (including phenoxy) is 1. The van der Waals surface area contributed by atoms with Crippen LogP contribution in [0.15, 0.2) is 53.4 Å². The van der Waals surface area contributed by atoms with E-state index >= 15 is 0 Å². The van der Waals surface area contributed by atoms with Crippen LogP contribution >= 0.6 is 0 Å². The van der Waals surface area contributed by atoms with Gasteiger partial charge in [0.1, 0.15) is 0 Å². The fourth-order valence-corrected chi connectivity index (χ4v) is 4.01. The second kappa shape index (κ2) is 6.21. The summed E-state index contributed by atoms with van der Waals surface area (Å²) in [5.74, 6) is 0. The van der Waals surface area contributed by atoms with Gasteiger partial charge in [-0.25, -0.2) is 8.42 Å². The van der Waals surface area contributed by atoms with Crippen molar-refractivity contribution in [3.63, 3.8) is 0 Å². The van der Waals surface area contributed by atoms with Crippen LogP contribution in [0.1, 0.15) is 5.56 Å². The van der Waals surface area contributed by atoms with Crippen molar-refractivity contribution in [3.8, 4) is 0 Å². The summed E-state index contributed by atoms with van der Waals surface area (Å²) in [5, 5.41) is 11.2. The van der Waals surface area contributed by atoms with Gasteiger partial charge in [0, 0.05) is 6.07 Å². The van der Waals surface area contributed by atoms with Crippen molar-refractivity contribution in [2.75, 3.05) is 17.5 Å². The maximum Gasteiger partial charge on any atom is 0.289 e. The molecule has 0 aliphatic carbocycles. The summed E-state index contributed by atoms with van der Waals surface area (Å²) in [6.07, 6.45) is -0.191. The summed E-state index contributed by atoms with van der Waals surface area (Å²) in [6.45, 7) is 2.50. The zero-order valence-electron chi connectivity index (χ0n) is 13.0. The van der Waals surface area contributed by atoms with Crippen LogP contribution in [-0.2, 0) is 14.8 Å². The largest absolute Gasteiger partial charge is 0.371 e. The molecule has 1 saturated heterocycles. The van der Waals surface area contributed by atoms with Crippen LogP contribution in [0.25, 0.3) is 0 Å². The first-order valence-corrected chi connectivity index (χ1v) is 8.78. The first kappa shape index (κ1) is 16.4. The standard InChI is InChI=1S/C16H16N2O5S/c1-12-6-8-13(9-7-12)17(10-14-11-23-14)24(21,22)16-5-3-2-4-15(16)18(19)20/h2-9,14H,10-11H2,1H3/t14-/m1/s1. The summed E-state index contributed by atoms with van der Waals surface area (Å²) < 4.78 is 32.5. The van der Waals surface area contributed by atoms with E-state index in [4.69, 9.17) is 4.74 Å². The molecule has 2 aromatic carbocycles. The van der Waals surface area contributed by atoms with Crippen molar-refractivity contribution in [2.45, 2.75) is 17.9 Å². The van der Waals surface area contributed by atoms with E-state index < -0.39 is 20.6 Å². The molecule has 0 unspecified atom stereocenters. The van der Waals surface area contributed by atoms with E-state index in [1.54, 1.807) is 24.3 Å². The minimum atomic E-state index is -4.09. The molecule has 3 rings (SSSR count). The summed E-state index contributed by atoms with van der Waals surface area (Å²) in [7, 11) is -4.09. The lowest BCUT2D eigenvalue weighted by Crippen LogP contribution is -2.34. The Morgan fingerprint density at radius 3 is 2.42 bits per heavy atom. The van der Waals surface area contributed by atoms with Crippen molar-refractivity contribution in [3.05, 3.63) is 64.2 Å². The molecule has 1 fully saturated rings. The lowest BCUT2D eigenvalue weighted by atomic mass is 10.2. The number of para-hydroxylation sites is 1. The molecular formula is C16H16N2O5S. The molecule has 7 nitrogen and oxygen atoms in total. The van der Waals surface area contributed by atoms with Gasteiger partial charge in [0.25, 0.3) is 15.7 Å². The van der Waals surface area contributed by atoms with Crippen LogP contribution in [0, 0.1) is 17.0 Å². The first-order valence-electron chi connectivity index (χ1n) is 7.34. The number of nitro benzene ring substituents is 1. The van der Waals surface area contributed by atoms with Gasteiger partial charge in [-0.2, -0.15) is 0 Å². The molecule has 0 amide bonds. The van der Waals surface area contributed by atoms with E-state index in [1.807, 2.05) is 6.92 Å². The Balaban J connectivity index is 2.09. The average molecular weight is 348 g/mol. The molecule has 0 N–H and O–H groups in total. The number of nitrogens with zero attached hydrogens (tertiary/aromatic N) is 2. The van der Waals surface area contributed by atoms with Gasteiger partial charge in [-0.3, -0.25) is 14.4 Å². The van der Waals surface area contributed by atoms with E-state index in [0.717, 1.165) is 5.56 Å². The first-order chi connectivity index (χ1) is 11.4. The third-order valence-corrected chi connectivity index (χ3v) is 5.56.